The molecule has 1 heterocycles. The Kier molecular flexibility index (Phi) is 6.07. The quantitative estimate of drug-likeness (QED) is 0.429. The number of ether oxygens (including phenoxy) is 1. The average molecular weight is 313 g/mol. The van der Waals surface area contributed by atoms with Gasteiger partial charge in [-0.05, 0) is 17.7 Å². The van der Waals surface area contributed by atoms with Gasteiger partial charge in [-0.3, -0.25) is 10.4 Å². The van der Waals surface area contributed by atoms with Crippen LogP contribution >= 0.6 is 0 Å². The number of nitrogens with zero attached hydrogens (tertiary/aromatic N) is 2. The summed E-state index contributed by atoms with van der Waals surface area (Å²) in [5.41, 5.74) is 7.02. The number of amides is 2. The second-order valence-corrected chi connectivity index (χ2v) is 4.70. The summed E-state index contributed by atoms with van der Waals surface area (Å²) < 4.78 is 5.49. The smallest absolute Gasteiger partial charge is 0.328 e. The largest absolute Gasteiger partial charge is 0.375 e. The van der Waals surface area contributed by atoms with Gasteiger partial charge >= 0.3 is 6.03 Å². The van der Waals surface area contributed by atoms with E-state index in [4.69, 9.17) is 15.9 Å². The number of carbonyl (C=O) groups excluding carboxylic acids is 1. The van der Waals surface area contributed by atoms with E-state index in [2.05, 4.69) is 10.3 Å². The summed E-state index contributed by atoms with van der Waals surface area (Å²) in [5.74, 6) is -0.362. The molecule has 23 heavy (non-hydrogen) atoms. The number of nitrogens with two attached hydrogens (primary N) is 1. The van der Waals surface area contributed by atoms with Crippen LogP contribution in [0.1, 0.15) is 5.56 Å². The number of carbonyl (C=O) groups is 1. The minimum atomic E-state index is -0.480. The summed E-state index contributed by atoms with van der Waals surface area (Å²) >= 11 is 0. The lowest BCUT2D eigenvalue weighted by atomic mass is 10.2. The molecule has 0 fully saturated rings. The van der Waals surface area contributed by atoms with Crippen molar-refractivity contribution in [2.75, 3.05) is 18.1 Å². The van der Waals surface area contributed by atoms with Crippen molar-refractivity contribution < 1.29 is 9.53 Å². The Hall–Kier alpha value is -2.93. The average Bonchev–Trinajstić information content (AvgIpc) is 2.56. The zero-order chi connectivity index (χ0) is 16.5. The molecule has 2 rings (SSSR count). The molecule has 1 aromatic heterocycles. The molecular weight excluding hydrogens is 294 g/mol. The molecule has 0 bridgehead atoms. The Morgan fingerprint density at radius 3 is 2.57 bits per heavy atom. The molecule has 120 valence electrons. The number of hydrogen-bond acceptors (Lipinski definition) is 4. The van der Waals surface area contributed by atoms with Crippen LogP contribution in [0.25, 0.3) is 0 Å². The van der Waals surface area contributed by atoms with Crippen LogP contribution in [0.4, 0.5) is 10.5 Å². The zero-order valence-corrected chi connectivity index (χ0v) is 12.6. The maximum absolute atomic E-state index is 12.1. The summed E-state index contributed by atoms with van der Waals surface area (Å²) in [6.45, 7) is 1.17. The number of urea groups is 1. The fourth-order valence-corrected chi connectivity index (χ4v) is 1.93. The van der Waals surface area contributed by atoms with E-state index in [0.29, 0.717) is 25.4 Å². The molecule has 7 nitrogen and oxygen atoms in total. The van der Waals surface area contributed by atoms with E-state index in [-0.39, 0.29) is 5.96 Å². The first-order chi connectivity index (χ1) is 11.2. The van der Waals surface area contributed by atoms with Gasteiger partial charge in [0.25, 0.3) is 0 Å². The van der Waals surface area contributed by atoms with E-state index in [1.54, 1.807) is 12.1 Å². The molecule has 0 aliphatic carbocycles. The number of aromatic nitrogens is 1. The third-order valence-corrected chi connectivity index (χ3v) is 3.00. The van der Waals surface area contributed by atoms with Crippen molar-refractivity contribution in [3.8, 4) is 0 Å². The standard InChI is InChI=1S/C16H19N5O2/c17-15(18)21(14-6-8-19-9-7-14)16(22)20-10-11-23-12-13-4-2-1-3-5-13/h1-9H,10-12H2,(H3,17,18)(H,20,22). The maximum Gasteiger partial charge on any atom is 0.328 e. The van der Waals surface area contributed by atoms with Crippen LogP contribution in [-0.2, 0) is 11.3 Å². The Morgan fingerprint density at radius 1 is 1.22 bits per heavy atom. The summed E-state index contributed by atoms with van der Waals surface area (Å²) in [6.07, 6.45) is 3.06. The fourth-order valence-electron chi connectivity index (χ4n) is 1.93. The molecule has 1 aromatic carbocycles. The van der Waals surface area contributed by atoms with E-state index in [9.17, 15) is 4.79 Å². The van der Waals surface area contributed by atoms with Crippen LogP contribution in [0.2, 0.25) is 0 Å². The monoisotopic (exact) mass is 313 g/mol. The van der Waals surface area contributed by atoms with Crippen molar-refractivity contribution in [2.24, 2.45) is 5.73 Å². The van der Waals surface area contributed by atoms with Gasteiger partial charge in [-0.25, -0.2) is 9.69 Å². The Balaban J connectivity index is 1.78. The highest BCUT2D eigenvalue weighted by atomic mass is 16.5. The lowest BCUT2D eigenvalue weighted by molar-refractivity contribution is 0.124. The van der Waals surface area contributed by atoms with Crippen LogP contribution in [0.15, 0.2) is 54.9 Å². The first-order valence-corrected chi connectivity index (χ1v) is 7.12. The lowest BCUT2D eigenvalue weighted by Gasteiger charge is -2.20. The molecule has 0 aliphatic heterocycles. The van der Waals surface area contributed by atoms with Gasteiger partial charge in [-0.15, -0.1) is 0 Å². The number of nitrogens with one attached hydrogen (secondary N) is 2. The number of anilines is 1. The number of guanidine groups is 1. The summed E-state index contributed by atoms with van der Waals surface area (Å²) in [7, 11) is 0. The van der Waals surface area contributed by atoms with Gasteiger partial charge in [0.2, 0.25) is 5.96 Å². The van der Waals surface area contributed by atoms with Gasteiger partial charge in [-0.1, -0.05) is 30.3 Å². The third kappa shape index (κ3) is 5.08. The number of hydrogen-bond donors (Lipinski definition) is 3. The molecule has 0 atom stereocenters. The van der Waals surface area contributed by atoms with Crippen molar-refractivity contribution in [1.29, 1.82) is 5.41 Å². The summed E-state index contributed by atoms with van der Waals surface area (Å²) in [4.78, 5) is 17.1. The van der Waals surface area contributed by atoms with Crippen LogP contribution in [-0.4, -0.2) is 30.1 Å². The molecular formula is C16H19N5O2. The molecule has 2 amide bonds. The van der Waals surface area contributed by atoms with Gasteiger partial charge < -0.3 is 15.8 Å². The van der Waals surface area contributed by atoms with Crippen molar-refractivity contribution in [1.82, 2.24) is 10.3 Å². The highest BCUT2D eigenvalue weighted by molar-refractivity contribution is 6.13. The van der Waals surface area contributed by atoms with Crippen LogP contribution in [0.3, 0.4) is 0 Å². The second kappa shape index (κ2) is 8.50. The van der Waals surface area contributed by atoms with Gasteiger partial charge in [0.1, 0.15) is 0 Å². The molecule has 0 spiro atoms. The van der Waals surface area contributed by atoms with E-state index in [1.165, 1.54) is 12.4 Å². The van der Waals surface area contributed by atoms with Gasteiger partial charge in [-0.2, -0.15) is 0 Å². The third-order valence-electron chi connectivity index (χ3n) is 3.00. The minimum absolute atomic E-state index is 0.320. The topological polar surface area (TPSA) is 104 Å². The first kappa shape index (κ1) is 16.4. The zero-order valence-electron chi connectivity index (χ0n) is 12.6. The van der Waals surface area contributed by atoms with Gasteiger partial charge in [0.15, 0.2) is 0 Å². The molecule has 2 aromatic rings. The van der Waals surface area contributed by atoms with Gasteiger partial charge in [0.05, 0.1) is 18.9 Å². The number of rotatable bonds is 6. The predicted molar refractivity (Wildman–Crippen MR) is 88.1 cm³/mol. The molecule has 0 saturated carbocycles. The fraction of sp³-hybridized carbons (Fsp3) is 0.188. The minimum Gasteiger partial charge on any atom is -0.375 e. The lowest BCUT2D eigenvalue weighted by Crippen LogP contribution is -2.48. The second-order valence-electron chi connectivity index (χ2n) is 4.70. The van der Waals surface area contributed by atoms with Crippen molar-refractivity contribution in [3.63, 3.8) is 0 Å². The Labute approximate surface area is 134 Å². The number of benzene rings is 1. The van der Waals surface area contributed by atoms with Crippen molar-refractivity contribution in [2.45, 2.75) is 6.61 Å². The van der Waals surface area contributed by atoms with E-state index >= 15 is 0 Å². The van der Waals surface area contributed by atoms with E-state index in [0.717, 1.165) is 10.5 Å². The Morgan fingerprint density at radius 2 is 1.91 bits per heavy atom. The molecule has 0 saturated heterocycles. The van der Waals surface area contributed by atoms with Crippen LogP contribution in [0, 0.1) is 5.41 Å². The SMILES string of the molecule is N=C(N)N(C(=O)NCCOCc1ccccc1)c1ccncc1. The highest BCUT2D eigenvalue weighted by Gasteiger charge is 2.17. The van der Waals surface area contributed by atoms with Crippen LogP contribution < -0.4 is 16.0 Å². The van der Waals surface area contributed by atoms with E-state index in [1.807, 2.05) is 30.3 Å². The van der Waals surface area contributed by atoms with Gasteiger partial charge in [0, 0.05) is 18.9 Å². The maximum atomic E-state index is 12.1. The van der Waals surface area contributed by atoms with Crippen molar-refractivity contribution >= 4 is 17.7 Å². The van der Waals surface area contributed by atoms with Crippen molar-refractivity contribution in [3.05, 3.63) is 60.4 Å². The normalized spacial score (nSPS) is 10.1. The molecule has 7 heteroatoms. The first-order valence-electron chi connectivity index (χ1n) is 7.12. The number of pyridine rings is 1. The molecule has 0 aliphatic rings. The molecule has 0 unspecified atom stereocenters. The molecule has 4 N–H and O–H groups in total. The Bertz CT molecular complexity index is 633. The van der Waals surface area contributed by atoms with Crippen LogP contribution in [0.5, 0.6) is 0 Å². The predicted octanol–water partition coefficient (Wildman–Crippen LogP) is 1.71. The molecule has 0 radical (unpaired) electrons. The highest BCUT2D eigenvalue weighted by Crippen LogP contribution is 2.11. The van der Waals surface area contributed by atoms with E-state index < -0.39 is 6.03 Å². The summed E-state index contributed by atoms with van der Waals surface area (Å²) in [6, 6.07) is 12.5. The summed E-state index contributed by atoms with van der Waals surface area (Å²) in [5, 5.41) is 10.2.